The number of ether oxygens (including phenoxy) is 1. The van der Waals surface area contributed by atoms with Crippen LogP contribution in [0.2, 0.25) is 0 Å². The summed E-state index contributed by atoms with van der Waals surface area (Å²) in [6.45, 7) is 6.06. The van der Waals surface area contributed by atoms with E-state index < -0.39 is 11.4 Å². The number of hydrogen-bond acceptors (Lipinski definition) is 7. The Labute approximate surface area is 229 Å². The van der Waals surface area contributed by atoms with Crippen molar-refractivity contribution in [2.24, 2.45) is 28.7 Å². The lowest BCUT2D eigenvalue weighted by Gasteiger charge is -2.65. The lowest BCUT2D eigenvalue weighted by atomic mass is 9.52. The Kier molecular flexibility index (Phi) is 5.54. The predicted octanol–water partition coefficient (Wildman–Crippen LogP) is 4.68. The fourth-order valence-electron chi connectivity index (χ4n) is 8.57. The number of furan rings is 1. The van der Waals surface area contributed by atoms with Gasteiger partial charge in [-0.2, -0.15) is 5.26 Å². The molecule has 1 aliphatic carbocycles. The maximum absolute atomic E-state index is 12.6. The van der Waals surface area contributed by atoms with Crippen molar-refractivity contribution in [1.82, 2.24) is 9.80 Å². The Hall–Kier alpha value is -3.44. The van der Waals surface area contributed by atoms with Crippen LogP contribution in [0.5, 0.6) is 0 Å². The maximum atomic E-state index is 12.6. The number of likely N-dealkylation sites (tertiary alicyclic amines) is 1. The lowest BCUT2D eigenvalue weighted by Crippen LogP contribution is -2.75. The topological polar surface area (TPSA) is 85.2 Å². The molecule has 7 heteroatoms. The van der Waals surface area contributed by atoms with Crippen molar-refractivity contribution in [2.45, 2.75) is 50.3 Å². The number of aliphatic hydroxyl groups is 1. The molecule has 5 aliphatic rings. The minimum atomic E-state index is -1.73. The number of rotatable bonds is 5. The SMILES string of the molecule is CC(C)[C@@H]1[C@H]2C[C@H]3CN(C)[C@@H]1[C@@]3(c1ccc(C#N)cc1)N1[C@@H]2C(=NCc2ccccc2)OC1(O)c1ccoc1. The van der Waals surface area contributed by atoms with Crippen LogP contribution in [0.4, 0.5) is 0 Å². The molecule has 5 heterocycles. The molecule has 1 saturated carbocycles. The van der Waals surface area contributed by atoms with Gasteiger partial charge in [-0.3, -0.25) is 0 Å². The summed E-state index contributed by atoms with van der Waals surface area (Å²) in [6.07, 6.45) is 4.19. The molecule has 39 heavy (non-hydrogen) atoms. The molecule has 200 valence electrons. The van der Waals surface area contributed by atoms with Crippen LogP contribution in [0.1, 0.15) is 42.5 Å². The summed E-state index contributed by atoms with van der Waals surface area (Å²) in [5.41, 5.74) is 2.88. The van der Waals surface area contributed by atoms with E-state index in [2.05, 4.69) is 61.0 Å². The van der Waals surface area contributed by atoms with Gasteiger partial charge in [-0.15, -0.1) is 0 Å². The van der Waals surface area contributed by atoms with E-state index in [-0.39, 0.29) is 23.9 Å². The number of likely N-dealkylation sites (N-methyl/N-ethyl adjacent to an activating group) is 1. The van der Waals surface area contributed by atoms with E-state index in [9.17, 15) is 10.4 Å². The fourth-order valence-corrected chi connectivity index (χ4v) is 8.57. The van der Waals surface area contributed by atoms with Crippen molar-refractivity contribution in [3.05, 3.63) is 95.4 Å². The smallest absolute Gasteiger partial charge is 0.304 e. The third kappa shape index (κ3) is 3.29. The Morgan fingerprint density at radius 2 is 1.87 bits per heavy atom. The van der Waals surface area contributed by atoms with Gasteiger partial charge >= 0.3 is 5.91 Å². The molecule has 4 saturated heterocycles. The van der Waals surface area contributed by atoms with Gasteiger partial charge in [0.2, 0.25) is 5.90 Å². The molecule has 5 fully saturated rings. The third-order valence-corrected chi connectivity index (χ3v) is 9.78. The molecule has 1 unspecified atom stereocenters. The Morgan fingerprint density at radius 3 is 2.54 bits per heavy atom. The van der Waals surface area contributed by atoms with Crippen molar-refractivity contribution in [3.8, 4) is 6.07 Å². The average Bonchev–Trinajstić information content (AvgIpc) is 3.65. The minimum absolute atomic E-state index is 0.168. The van der Waals surface area contributed by atoms with Crippen molar-refractivity contribution < 1.29 is 14.3 Å². The molecule has 0 radical (unpaired) electrons. The Balaban J connectivity index is 1.46. The van der Waals surface area contributed by atoms with Gasteiger partial charge in [-0.25, -0.2) is 9.89 Å². The number of aliphatic imine (C=N–C) groups is 1. The zero-order valence-corrected chi connectivity index (χ0v) is 22.6. The molecule has 1 aromatic heterocycles. The molecule has 8 rings (SSSR count). The van der Waals surface area contributed by atoms with Crippen LogP contribution in [0.25, 0.3) is 0 Å². The molecule has 0 amide bonds. The van der Waals surface area contributed by atoms with E-state index in [4.69, 9.17) is 14.1 Å². The van der Waals surface area contributed by atoms with Gasteiger partial charge in [-0.05, 0) is 66.5 Å². The first-order valence-electron chi connectivity index (χ1n) is 13.9. The third-order valence-electron chi connectivity index (χ3n) is 9.78. The van der Waals surface area contributed by atoms with Crippen LogP contribution in [0.3, 0.4) is 0 Å². The first-order chi connectivity index (χ1) is 18.9. The molecule has 7 nitrogen and oxygen atoms in total. The molecule has 0 spiro atoms. The van der Waals surface area contributed by atoms with Gasteiger partial charge in [0.05, 0.1) is 41.6 Å². The molecular formula is C32H34N4O3. The van der Waals surface area contributed by atoms with Crippen molar-refractivity contribution in [2.75, 3.05) is 13.6 Å². The standard InChI is InChI=1S/C32H34N4O3/c1-20(2)27-26-15-25-18-35(3)29(27)31(25,23-11-9-21(16-33)10-12-23)36-28(26)30(34-17-22-7-5-4-6-8-22)39-32(36,37)24-13-14-38-19-24/h4-14,19-20,25-29,37H,15,17-18H2,1-3H3/t25-,26+,27+,28-,29-,31-,32?/m0/s1. The van der Waals surface area contributed by atoms with E-state index in [1.54, 1.807) is 18.6 Å². The first kappa shape index (κ1) is 24.6. The Morgan fingerprint density at radius 1 is 1.10 bits per heavy atom. The van der Waals surface area contributed by atoms with Crippen LogP contribution in [0.15, 0.2) is 82.6 Å². The van der Waals surface area contributed by atoms with E-state index in [0.717, 1.165) is 24.1 Å². The highest BCUT2D eigenvalue weighted by atomic mass is 16.7. The van der Waals surface area contributed by atoms with Gasteiger partial charge in [0.15, 0.2) is 0 Å². The number of benzene rings is 2. The van der Waals surface area contributed by atoms with Crippen LogP contribution in [-0.2, 0) is 22.7 Å². The highest BCUT2D eigenvalue weighted by molar-refractivity contribution is 5.85. The largest absolute Gasteiger partial charge is 0.472 e. The van der Waals surface area contributed by atoms with Crippen molar-refractivity contribution >= 4 is 5.90 Å². The van der Waals surface area contributed by atoms with Crippen LogP contribution < -0.4 is 0 Å². The van der Waals surface area contributed by atoms with Gasteiger partial charge < -0.3 is 19.2 Å². The molecule has 7 atom stereocenters. The average molecular weight is 523 g/mol. The number of piperidine rings is 2. The predicted molar refractivity (Wildman–Crippen MR) is 146 cm³/mol. The molecule has 3 aromatic rings. The second-order valence-corrected chi connectivity index (χ2v) is 12.0. The number of nitrogens with zero attached hydrogens (tertiary/aromatic N) is 4. The van der Waals surface area contributed by atoms with Crippen molar-refractivity contribution in [3.63, 3.8) is 0 Å². The normalized spacial score (nSPS) is 36.3. The Bertz CT molecular complexity index is 1430. The van der Waals surface area contributed by atoms with Gasteiger partial charge in [0.25, 0.3) is 0 Å². The second-order valence-electron chi connectivity index (χ2n) is 12.0. The van der Waals surface area contributed by atoms with Crippen LogP contribution in [-0.4, -0.2) is 46.5 Å². The van der Waals surface area contributed by atoms with Crippen molar-refractivity contribution in [1.29, 1.82) is 5.26 Å². The van der Waals surface area contributed by atoms with Crippen LogP contribution in [0, 0.1) is 35.0 Å². The highest BCUT2D eigenvalue weighted by Gasteiger charge is 2.78. The zero-order valence-electron chi connectivity index (χ0n) is 22.6. The highest BCUT2D eigenvalue weighted by Crippen LogP contribution is 2.68. The molecule has 1 N–H and O–H groups in total. The molecule has 4 aliphatic heterocycles. The molecule has 2 aromatic carbocycles. The quantitative estimate of drug-likeness (QED) is 0.524. The van der Waals surface area contributed by atoms with E-state index in [1.807, 2.05) is 30.3 Å². The second kappa shape index (κ2) is 8.79. The summed E-state index contributed by atoms with van der Waals surface area (Å²) in [6, 6.07) is 22.2. The van der Waals surface area contributed by atoms with E-state index in [0.29, 0.717) is 35.4 Å². The number of nitriles is 1. The summed E-state index contributed by atoms with van der Waals surface area (Å²) in [5, 5.41) is 22.2. The molecule has 4 bridgehead atoms. The maximum Gasteiger partial charge on any atom is 0.304 e. The van der Waals surface area contributed by atoms with E-state index in [1.165, 1.54) is 0 Å². The fraction of sp³-hybridized carbons (Fsp3) is 0.438. The summed E-state index contributed by atoms with van der Waals surface area (Å²) in [4.78, 5) is 9.78. The van der Waals surface area contributed by atoms with Crippen LogP contribution >= 0.6 is 0 Å². The van der Waals surface area contributed by atoms with Gasteiger partial charge in [-0.1, -0.05) is 56.3 Å². The summed E-state index contributed by atoms with van der Waals surface area (Å²) in [5.74, 6) is 0.233. The van der Waals surface area contributed by atoms with E-state index >= 15 is 0 Å². The summed E-state index contributed by atoms with van der Waals surface area (Å²) in [7, 11) is 2.22. The monoisotopic (exact) mass is 522 g/mol. The van der Waals surface area contributed by atoms with Gasteiger partial charge in [0.1, 0.15) is 6.26 Å². The number of hydrogen-bond donors (Lipinski definition) is 1. The summed E-state index contributed by atoms with van der Waals surface area (Å²) < 4.78 is 12.1. The minimum Gasteiger partial charge on any atom is -0.472 e. The lowest BCUT2D eigenvalue weighted by molar-refractivity contribution is -0.312. The van der Waals surface area contributed by atoms with Gasteiger partial charge in [0, 0.05) is 12.6 Å². The molecular weight excluding hydrogens is 488 g/mol. The zero-order chi connectivity index (χ0) is 26.9. The first-order valence-corrected chi connectivity index (χ1v) is 13.9. The summed E-state index contributed by atoms with van der Waals surface area (Å²) >= 11 is 0.